The molecule has 0 aliphatic carbocycles. The molecule has 5 heterocycles. The van der Waals surface area contributed by atoms with Crippen LogP contribution in [0.25, 0.3) is 16.9 Å². The summed E-state index contributed by atoms with van der Waals surface area (Å²) in [5, 5.41) is 4.01. The molecule has 2 aliphatic heterocycles. The first kappa shape index (κ1) is 16.8. The van der Waals surface area contributed by atoms with E-state index >= 15 is 0 Å². The quantitative estimate of drug-likeness (QED) is 0.688. The van der Waals surface area contributed by atoms with Crippen molar-refractivity contribution in [3.8, 4) is 11.3 Å². The molecule has 0 saturated carbocycles. The summed E-state index contributed by atoms with van der Waals surface area (Å²) in [4.78, 5) is 24.2. The third kappa shape index (κ3) is 2.72. The Morgan fingerprint density at radius 1 is 1.18 bits per heavy atom. The molecule has 0 N–H and O–H groups in total. The second-order valence-corrected chi connectivity index (χ2v) is 6.75. The Hall–Kier alpha value is -3.30. The van der Waals surface area contributed by atoms with Crippen molar-refractivity contribution in [2.45, 2.75) is 12.5 Å². The van der Waals surface area contributed by atoms with E-state index < -0.39 is 6.43 Å². The topological polar surface area (TPSA) is 75.9 Å². The highest BCUT2D eigenvalue weighted by molar-refractivity contribution is 5.71. The van der Waals surface area contributed by atoms with Gasteiger partial charge in [0, 0.05) is 31.4 Å². The number of pyridine rings is 1. The van der Waals surface area contributed by atoms with Crippen LogP contribution in [0.2, 0.25) is 0 Å². The van der Waals surface area contributed by atoms with Crippen LogP contribution in [-0.4, -0.2) is 62.9 Å². The Morgan fingerprint density at radius 3 is 2.93 bits per heavy atom. The summed E-state index contributed by atoms with van der Waals surface area (Å²) in [5.41, 5.74) is 1.58. The van der Waals surface area contributed by atoms with Crippen LogP contribution in [-0.2, 0) is 4.74 Å². The van der Waals surface area contributed by atoms with Crippen molar-refractivity contribution in [3.63, 3.8) is 0 Å². The number of hydrogen-bond acceptors (Lipinski definition) is 6. The van der Waals surface area contributed by atoms with Gasteiger partial charge in [0.05, 0.1) is 17.9 Å². The third-order valence-electron chi connectivity index (χ3n) is 5.09. The second kappa shape index (κ2) is 6.39. The molecule has 8 nitrogen and oxygen atoms in total. The van der Waals surface area contributed by atoms with E-state index in [2.05, 4.69) is 20.0 Å². The first-order valence-corrected chi connectivity index (χ1v) is 8.88. The van der Waals surface area contributed by atoms with Crippen LogP contribution in [0.15, 0.2) is 36.7 Å². The van der Waals surface area contributed by atoms with Gasteiger partial charge in [-0.2, -0.15) is 5.10 Å². The fourth-order valence-corrected chi connectivity index (χ4v) is 3.65. The maximum absolute atomic E-state index is 13.0. The van der Waals surface area contributed by atoms with Gasteiger partial charge in [-0.25, -0.2) is 28.1 Å². The van der Waals surface area contributed by atoms with Gasteiger partial charge >= 0.3 is 6.09 Å². The fourth-order valence-electron chi connectivity index (χ4n) is 3.65. The molecule has 0 radical (unpaired) electrons. The molecule has 28 heavy (non-hydrogen) atoms. The Morgan fingerprint density at radius 2 is 2.07 bits per heavy atom. The van der Waals surface area contributed by atoms with Gasteiger partial charge in [-0.3, -0.25) is 4.90 Å². The number of carbonyl (C=O) groups excluding carboxylic acids is 1. The summed E-state index contributed by atoms with van der Waals surface area (Å²) in [6.45, 7) is 2.22. The number of fused-ring (bicyclic) bond motifs is 2. The Kier molecular flexibility index (Phi) is 3.85. The van der Waals surface area contributed by atoms with E-state index in [0.717, 1.165) is 11.4 Å². The number of alkyl halides is 2. The van der Waals surface area contributed by atoms with Crippen LogP contribution in [0, 0.1) is 0 Å². The monoisotopic (exact) mass is 386 g/mol. The second-order valence-electron chi connectivity index (χ2n) is 6.75. The number of halogens is 2. The Balaban J connectivity index is 1.47. The van der Waals surface area contributed by atoms with Crippen molar-refractivity contribution in [1.82, 2.24) is 24.5 Å². The molecule has 1 amide bonds. The third-order valence-corrected chi connectivity index (χ3v) is 5.09. The molecule has 1 unspecified atom stereocenters. The lowest BCUT2D eigenvalue weighted by Gasteiger charge is -2.36. The minimum absolute atomic E-state index is 0.0118. The standard InChI is InChI=1S/C18H16F2N6O2/c19-17(20)13-1-2-15-22-8-14(26(15)23-13)11-3-4-21-16(7-11)24-5-6-25-12(9-24)10-28-18(25)27/h1-4,7-8,12,17H,5-6,9-10H2. The number of imidazole rings is 1. The lowest BCUT2D eigenvalue weighted by atomic mass is 10.1. The molecule has 2 saturated heterocycles. The Bertz CT molecular complexity index is 1060. The van der Waals surface area contributed by atoms with Crippen molar-refractivity contribution in [2.24, 2.45) is 0 Å². The summed E-state index contributed by atoms with van der Waals surface area (Å²) >= 11 is 0. The molecule has 10 heteroatoms. The predicted octanol–water partition coefficient (Wildman–Crippen LogP) is 2.37. The van der Waals surface area contributed by atoms with Crippen LogP contribution in [0.5, 0.6) is 0 Å². The average molecular weight is 386 g/mol. The maximum Gasteiger partial charge on any atom is 0.410 e. The van der Waals surface area contributed by atoms with E-state index in [1.807, 2.05) is 6.07 Å². The zero-order valence-corrected chi connectivity index (χ0v) is 14.7. The van der Waals surface area contributed by atoms with E-state index in [-0.39, 0.29) is 17.8 Å². The lowest BCUT2D eigenvalue weighted by Crippen LogP contribution is -2.52. The zero-order valence-electron chi connectivity index (χ0n) is 14.7. The van der Waals surface area contributed by atoms with Crippen LogP contribution < -0.4 is 4.90 Å². The van der Waals surface area contributed by atoms with Crippen molar-refractivity contribution < 1.29 is 18.3 Å². The first-order chi connectivity index (χ1) is 13.6. The summed E-state index contributed by atoms with van der Waals surface area (Å²) in [7, 11) is 0. The number of ether oxygens (including phenoxy) is 1. The lowest BCUT2D eigenvalue weighted by molar-refractivity contribution is 0.144. The molecule has 3 aromatic heterocycles. The molecule has 2 fully saturated rings. The van der Waals surface area contributed by atoms with E-state index in [9.17, 15) is 13.6 Å². The molecule has 3 aromatic rings. The summed E-state index contributed by atoms with van der Waals surface area (Å²) in [5.74, 6) is 0.747. The number of hydrogen-bond donors (Lipinski definition) is 0. The van der Waals surface area contributed by atoms with Gasteiger partial charge in [0.2, 0.25) is 0 Å². The largest absolute Gasteiger partial charge is 0.447 e. The highest BCUT2D eigenvalue weighted by Gasteiger charge is 2.37. The van der Waals surface area contributed by atoms with Gasteiger partial charge in [-0.05, 0) is 24.3 Å². The molecule has 144 valence electrons. The van der Waals surface area contributed by atoms with Gasteiger partial charge in [0.1, 0.15) is 18.1 Å². The first-order valence-electron chi connectivity index (χ1n) is 8.88. The molecule has 0 aromatic carbocycles. The average Bonchev–Trinajstić information content (AvgIpc) is 3.31. The van der Waals surface area contributed by atoms with Crippen LogP contribution >= 0.6 is 0 Å². The number of anilines is 1. The van der Waals surface area contributed by atoms with E-state index in [1.54, 1.807) is 23.4 Å². The molecule has 0 bridgehead atoms. The highest BCUT2D eigenvalue weighted by Crippen LogP contribution is 2.27. The summed E-state index contributed by atoms with van der Waals surface area (Å²) in [6.07, 6.45) is 0.361. The maximum atomic E-state index is 13.0. The van der Waals surface area contributed by atoms with Crippen molar-refractivity contribution >= 4 is 17.6 Å². The minimum atomic E-state index is -2.65. The molecule has 0 spiro atoms. The fraction of sp³-hybridized carbons (Fsp3) is 0.333. The molecular formula is C18H16F2N6O2. The molecule has 1 atom stereocenters. The van der Waals surface area contributed by atoms with Gasteiger partial charge in [0.15, 0.2) is 5.65 Å². The van der Waals surface area contributed by atoms with Gasteiger partial charge in [0.25, 0.3) is 6.43 Å². The van der Waals surface area contributed by atoms with Crippen LogP contribution in [0.1, 0.15) is 12.1 Å². The van der Waals surface area contributed by atoms with Gasteiger partial charge in [-0.15, -0.1) is 0 Å². The normalized spacial score (nSPS) is 19.4. The van der Waals surface area contributed by atoms with Crippen molar-refractivity contribution in [1.29, 1.82) is 0 Å². The van der Waals surface area contributed by atoms with Crippen LogP contribution in [0.3, 0.4) is 0 Å². The molecule has 5 rings (SSSR count). The number of amides is 1. The summed E-state index contributed by atoms with van der Waals surface area (Å²) in [6, 6.07) is 6.49. The van der Waals surface area contributed by atoms with E-state index in [0.29, 0.717) is 37.6 Å². The number of nitrogens with zero attached hydrogens (tertiary/aromatic N) is 6. The number of carbonyl (C=O) groups is 1. The highest BCUT2D eigenvalue weighted by atomic mass is 19.3. The number of aromatic nitrogens is 4. The van der Waals surface area contributed by atoms with Crippen LogP contribution in [0.4, 0.5) is 19.4 Å². The van der Waals surface area contributed by atoms with E-state index in [1.165, 1.54) is 16.6 Å². The van der Waals surface area contributed by atoms with Gasteiger partial charge < -0.3 is 9.64 Å². The van der Waals surface area contributed by atoms with Crippen molar-refractivity contribution in [2.75, 3.05) is 31.1 Å². The molecular weight excluding hydrogens is 370 g/mol. The van der Waals surface area contributed by atoms with Gasteiger partial charge in [-0.1, -0.05) is 0 Å². The SMILES string of the molecule is O=C1OCC2CN(c3cc(-c4cnc5ccc(C(F)F)nn45)ccn3)CCN12. The zero-order chi connectivity index (χ0) is 19.3. The molecule has 2 aliphatic rings. The Labute approximate surface area is 158 Å². The smallest absolute Gasteiger partial charge is 0.410 e. The predicted molar refractivity (Wildman–Crippen MR) is 95.2 cm³/mol. The van der Waals surface area contributed by atoms with E-state index in [4.69, 9.17) is 4.74 Å². The number of rotatable bonds is 3. The number of cyclic esters (lactones) is 1. The minimum Gasteiger partial charge on any atom is -0.447 e. The number of piperazine rings is 1. The summed E-state index contributed by atoms with van der Waals surface area (Å²) < 4.78 is 32.6. The van der Waals surface area contributed by atoms with Crippen molar-refractivity contribution in [3.05, 3.63) is 42.4 Å².